The average Bonchev–Trinajstić information content (AvgIpc) is 3.45. The zero-order valence-electron chi connectivity index (χ0n) is 47.9. The second-order valence-electron chi connectivity index (χ2n) is 22.5. The minimum Gasteiger partial charge on any atom is -0.394 e. The van der Waals surface area contributed by atoms with E-state index in [9.17, 15) is 61.0 Å². The monoisotopic (exact) mass is 1120 g/mol. The van der Waals surface area contributed by atoms with E-state index in [4.69, 9.17) is 28.4 Å². The largest absolute Gasteiger partial charge is 0.394 e. The van der Waals surface area contributed by atoms with Crippen LogP contribution < -0.4 is 5.32 Å². The van der Waals surface area contributed by atoms with E-state index in [1.165, 1.54) is 167 Å². The van der Waals surface area contributed by atoms with Crippen molar-refractivity contribution in [3.05, 3.63) is 12.2 Å². The first-order valence-corrected chi connectivity index (χ1v) is 30.9. The Morgan fingerprint density at radius 3 is 1.19 bits per heavy atom. The van der Waals surface area contributed by atoms with E-state index in [1.54, 1.807) is 6.08 Å². The van der Waals surface area contributed by atoms with E-state index in [-0.39, 0.29) is 18.9 Å². The van der Waals surface area contributed by atoms with Gasteiger partial charge in [-0.1, -0.05) is 212 Å². The minimum absolute atomic E-state index is 0.220. The number of carbonyl (C=O) groups excluding carboxylic acids is 1. The fourth-order valence-electron chi connectivity index (χ4n) is 10.7. The molecule has 0 bridgehead atoms. The molecule has 17 unspecified atom stereocenters. The number of hydrogen-bond acceptors (Lipinski definition) is 18. The summed E-state index contributed by atoms with van der Waals surface area (Å²) in [5, 5.41) is 119. The van der Waals surface area contributed by atoms with Crippen molar-refractivity contribution in [1.29, 1.82) is 0 Å². The van der Waals surface area contributed by atoms with Crippen LogP contribution in [0.15, 0.2) is 12.2 Å². The molecule has 3 saturated heterocycles. The molecule has 12 N–H and O–H groups in total. The number of ether oxygens (including phenoxy) is 6. The van der Waals surface area contributed by atoms with E-state index in [0.717, 1.165) is 32.1 Å². The second kappa shape index (κ2) is 43.2. The molecule has 0 spiro atoms. The third-order valence-electron chi connectivity index (χ3n) is 15.8. The molecule has 0 radical (unpaired) electrons. The number of allylic oxidation sites excluding steroid dienone is 1. The summed E-state index contributed by atoms with van der Waals surface area (Å²) in [4.78, 5) is 12.8. The van der Waals surface area contributed by atoms with Gasteiger partial charge in [0.15, 0.2) is 18.9 Å². The molecule has 3 rings (SSSR count). The van der Waals surface area contributed by atoms with Crippen molar-refractivity contribution in [2.75, 3.05) is 26.4 Å². The number of hydrogen-bond donors (Lipinski definition) is 12. The van der Waals surface area contributed by atoms with Crippen LogP contribution in [0.5, 0.6) is 0 Å². The zero-order valence-corrected chi connectivity index (χ0v) is 47.9. The van der Waals surface area contributed by atoms with Gasteiger partial charge in [0.05, 0.1) is 38.6 Å². The van der Waals surface area contributed by atoms with E-state index in [1.807, 2.05) is 13.0 Å². The number of aliphatic hydroxyl groups excluding tert-OH is 11. The molecule has 460 valence electrons. The summed E-state index contributed by atoms with van der Waals surface area (Å²) in [5.41, 5.74) is 0. The summed E-state index contributed by atoms with van der Waals surface area (Å²) in [6.07, 6.45) is 18.2. The van der Waals surface area contributed by atoms with Gasteiger partial charge in [0.1, 0.15) is 73.2 Å². The number of rotatable bonds is 46. The van der Waals surface area contributed by atoms with Crippen molar-refractivity contribution >= 4 is 5.91 Å². The maximum atomic E-state index is 12.8. The molecule has 0 aromatic carbocycles. The van der Waals surface area contributed by atoms with Crippen LogP contribution in [0.1, 0.15) is 226 Å². The molecular weight excluding hydrogens is 1010 g/mol. The Bertz CT molecular complexity index is 1480. The first-order valence-electron chi connectivity index (χ1n) is 30.9. The van der Waals surface area contributed by atoms with Crippen molar-refractivity contribution in [1.82, 2.24) is 5.32 Å². The van der Waals surface area contributed by atoms with Gasteiger partial charge in [0.2, 0.25) is 5.91 Å². The third-order valence-corrected chi connectivity index (χ3v) is 15.8. The van der Waals surface area contributed by atoms with E-state index in [2.05, 4.69) is 12.2 Å². The zero-order chi connectivity index (χ0) is 56.9. The summed E-state index contributed by atoms with van der Waals surface area (Å²) in [7, 11) is 0. The lowest BCUT2D eigenvalue weighted by Crippen LogP contribution is -2.66. The number of aliphatic hydroxyl groups is 11. The third kappa shape index (κ3) is 26.8. The molecule has 19 heteroatoms. The van der Waals surface area contributed by atoms with Gasteiger partial charge in [-0.2, -0.15) is 0 Å². The normalized spacial score (nSPS) is 30.5. The van der Waals surface area contributed by atoms with E-state index < -0.39 is 124 Å². The van der Waals surface area contributed by atoms with Crippen molar-refractivity contribution in [2.45, 2.75) is 330 Å². The Hall–Kier alpha value is -1.47. The summed E-state index contributed by atoms with van der Waals surface area (Å²) >= 11 is 0. The molecule has 19 nitrogen and oxygen atoms in total. The van der Waals surface area contributed by atoms with Gasteiger partial charge >= 0.3 is 0 Å². The van der Waals surface area contributed by atoms with Gasteiger partial charge in [0.25, 0.3) is 0 Å². The highest BCUT2D eigenvalue weighted by molar-refractivity contribution is 5.76. The van der Waals surface area contributed by atoms with Crippen molar-refractivity contribution in [2.24, 2.45) is 0 Å². The quantitative estimate of drug-likeness (QED) is 0.0254. The SMILES string of the molecule is CCCCCCCCCCCCCCCCCCCCCCCCCCCCCCC/C=C/C(O)C(COC1OC(CO)C(OC2OC(CO)C(OC3OC(CO)C(O)C(O)C3O)C(O)C2O)C(O)C1O)NC(=O)CCCC. The molecule has 3 heterocycles. The van der Waals surface area contributed by atoms with Crippen LogP contribution in [0.4, 0.5) is 0 Å². The van der Waals surface area contributed by atoms with Crippen LogP contribution in [0.25, 0.3) is 0 Å². The standard InChI is InChI=1S/C59H111NO18/c1-3-5-7-8-9-10-11-12-13-14-15-16-17-18-19-20-21-22-23-24-25-26-27-28-29-30-31-32-33-34-35-36-43(64)42(60-47(65)37-6-4-2)41-73-57-53(71)50(68)55(45(39-62)75-57)78-59-54(72)51(69)56(46(40-63)76-59)77-58-52(70)49(67)48(66)44(38-61)74-58/h35-36,42-46,48-59,61-64,66-72H,3-34,37-41H2,1-2H3,(H,60,65)/b36-35+. The first kappa shape index (κ1) is 70.8. The van der Waals surface area contributed by atoms with Gasteiger partial charge in [-0.25, -0.2) is 0 Å². The van der Waals surface area contributed by atoms with Crippen LogP contribution in [0.2, 0.25) is 0 Å². The highest BCUT2D eigenvalue weighted by Crippen LogP contribution is 2.33. The van der Waals surface area contributed by atoms with Crippen molar-refractivity contribution in [3.63, 3.8) is 0 Å². The van der Waals surface area contributed by atoms with Gasteiger partial charge in [-0.05, 0) is 19.3 Å². The van der Waals surface area contributed by atoms with Gasteiger partial charge < -0.3 is 89.9 Å². The van der Waals surface area contributed by atoms with Crippen LogP contribution >= 0.6 is 0 Å². The minimum atomic E-state index is -1.97. The number of amides is 1. The summed E-state index contributed by atoms with van der Waals surface area (Å²) < 4.78 is 34.0. The van der Waals surface area contributed by atoms with Gasteiger partial charge in [0, 0.05) is 6.42 Å². The van der Waals surface area contributed by atoms with Crippen LogP contribution in [0.3, 0.4) is 0 Å². The van der Waals surface area contributed by atoms with Crippen molar-refractivity contribution in [3.8, 4) is 0 Å². The Morgan fingerprint density at radius 1 is 0.449 bits per heavy atom. The number of nitrogens with one attached hydrogen (secondary N) is 1. The molecule has 0 aromatic rings. The topological polar surface area (TPSA) is 307 Å². The Kier molecular flexibility index (Phi) is 39.2. The lowest BCUT2D eigenvalue weighted by atomic mass is 9.96. The molecular formula is C59H111NO18. The highest BCUT2D eigenvalue weighted by atomic mass is 16.8. The Balaban J connectivity index is 1.28. The molecule has 3 fully saturated rings. The second-order valence-corrected chi connectivity index (χ2v) is 22.5. The fraction of sp³-hybridized carbons (Fsp3) is 0.949. The maximum Gasteiger partial charge on any atom is 0.220 e. The molecule has 3 aliphatic rings. The predicted octanol–water partition coefficient (Wildman–Crippen LogP) is 5.77. The smallest absolute Gasteiger partial charge is 0.220 e. The molecule has 78 heavy (non-hydrogen) atoms. The molecule has 0 aromatic heterocycles. The molecule has 0 saturated carbocycles. The summed E-state index contributed by atoms with van der Waals surface area (Å²) in [6.45, 7) is 1.47. The van der Waals surface area contributed by atoms with E-state index in [0.29, 0.717) is 6.42 Å². The molecule has 3 aliphatic heterocycles. The van der Waals surface area contributed by atoms with Gasteiger partial charge in [-0.15, -0.1) is 0 Å². The van der Waals surface area contributed by atoms with Crippen molar-refractivity contribution < 1.29 is 89.4 Å². The van der Waals surface area contributed by atoms with E-state index >= 15 is 0 Å². The Morgan fingerprint density at radius 2 is 0.795 bits per heavy atom. The molecule has 0 aliphatic carbocycles. The highest BCUT2D eigenvalue weighted by Gasteiger charge is 2.53. The number of carbonyl (C=O) groups is 1. The number of unbranched alkanes of at least 4 members (excludes halogenated alkanes) is 30. The molecule has 1 amide bonds. The Labute approximate surface area is 467 Å². The van der Waals surface area contributed by atoms with Crippen LogP contribution in [-0.4, -0.2) is 193 Å². The van der Waals surface area contributed by atoms with Gasteiger partial charge in [-0.3, -0.25) is 4.79 Å². The van der Waals surface area contributed by atoms with Crippen LogP contribution in [0, 0.1) is 0 Å². The predicted molar refractivity (Wildman–Crippen MR) is 296 cm³/mol. The summed E-state index contributed by atoms with van der Waals surface area (Å²) in [6, 6.07) is -0.963. The maximum absolute atomic E-state index is 12.8. The first-order chi connectivity index (χ1) is 37.8. The molecule has 17 atom stereocenters. The lowest BCUT2D eigenvalue weighted by Gasteiger charge is -2.48. The average molecular weight is 1120 g/mol. The lowest BCUT2D eigenvalue weighted by molar-refractivity contribution is -0.379. The summed E-state index contributed by atoms with van der Waals surface area (Å²) in [5.74, 6) is -0.309. The van der Waals surface area contributed by atoms with Crippen LogP contribution in [-0.2, 0) is 33.2 Å². The fourth-order valence-corrected chi connectivity index (χ4v) is 10.7.